The summed E-state index contributed by atoms with van der Waals surface area (Å²) in [5.41, 5.74) is 0.564. The molecule has 0 spiro atoms. The summed E-state index contributed by atoms with van der Waals surface area (Å²) in [6, 6.07) is 0. The third-order valence-electron chi connectivity index (χ3n) is 4.76. The molecule has 100 valence electrons. The fourth-order valence-corrected chi connectivity index (χ4v) is 3.72. The molecule has 1 saturated carbocycles. The average Bonchev–Trinajstić information content (AvgIpc) is 2.30. The largest absolute Gasteiger partial charge is 0.317 e. The molecule has 1 N–H and O–H groups in total. The third-order valence-corrected chi connectivity index (χ3v) is 4.76. The number of hydrogen-bond donors (Lipinski definition) is 1. The summed E-state index contributed by atoms with van der Waals surface area (Å²) >= 11 is 0. The molecule has 0 aromatic heterocycles. The van der Waals surface area contributed by atoms with E-state index < -0.39 is 0 Å². The van der Waals surface area contributed by atoms with Gasteiger partial charge in [0, 0.05) is 13.1 Å². The molecule has 1 saturated heterocycles. The van der Waals surface area contributed by atoms with Crippen LogP contribution in [0.4, 0.5) is 0 Å². The SMILES string of the molecule is CN(CC1CCCCC1)CC1(C)CCNCC1. The summed E-state index contributed by atoms with van der Waals surface area (Å²) in [6.07, 6.45) is 10.1. The zero-order valence-electron chi connectivity index (χ0n) is 11.8. The van der Waals surface area contributed by atoms with Gasteiger partial charge in [0.1, 0.15) is 0 Å². The molecule has 2 rings (SSSR count). The molecular weight excluding hydrogens is 208 g/mol. The molecule has 0 amide bonds. The second-order valence-corrected chi connectivity index (χ2v) is 6.76. The molecular formula is C15H30N2. The number of rotatable bonds is 4. The first-order valence-corrected chi connectivity index (χ1v) is 7.57. The van der Waals surface area contributed by atoms with E-state index in [1.165, 1.54) is 71.1 Å². The van der Waals surface area contributed by atoms with E-state index in [4.69, 9.17) is 0 Å². The first-order chi connectivity index (χ1) is 8.18. The number of nitrogens with zero attached hydrogens (tertiary/aromatic N) is 1. The standard InChI is InChI=1S/C15H30N2/c1-15(8-10-16-11-9-15)13-17(2)12-14-6-4-3-5-7-14/h14,16H,3-13H2,1-2H3. The van der Waals surface area contributed by atoms with E-state index in [0.29, 0.717) is 5.41 Å². The lowest BCUT2D eigenvalue weighted by atomic mass is 9.80. The summed E-state index contributed by atoms with van der Waals surface area (Å²) in [4.78, 5) is 2.61. The topological polar surface area (TPSA) is 15.3 Å². The minimum atomic E-state index is 0.564. The van der Waals surface area contributed by atoms with Gasteiger partial charge in [-0.15, -0.1) is 0 Å². The second kappa shape index (κ2) is 6.19. The Morgan fingerprint density at radius 2 is 1.76 bits per heavy atom. The minimum absolute atomic E-state index is 0.564. The molecule has 2 aliphatic rings. The first kappa shape index (κ1) is 13.4. The van der Waals surface area contributed by atoms with Gasteiger partial charge in [0.15, 0.2) is 0 Å². The van der Waals surface area contributed by atoms with Crippen LogP contribution in [0.2, 0.25) is 0 Å². The molecule has 0 aromatic carbocycles. The van der Waals surface area contributed by atoms with Gasteiger partial charge in [0.2, 0.25) is 0 Å². The van der Waals surface area contributed by atoms with Gasteiger partial charge >= 0.3 is 0 Å². The highest BCUT2D eigenvalue weighted by Gasteiger charge is 2.28. The Morgan fingerprint density at radius 1 is 1.12 bits per heavy atom. The number of nitrogens with one attached hydrogen (secondary N) is 1. The molecule has 2 fully saturated rings. The van der Waals surface area contributed by atoms with Crippen LogP contribution in [0.25, 0.3) is 0 Å². The molecule has 17 heavy (non-hydrogen) atoms. The van der Waals surface area contributed by atoms with Crippen LogP contribution in [-0.2, 0) is 0 Å². The van der Waals surface area contributed by atoms with Crippen LogP contribution in [-0.4, -0.2) is 38.1 Å². The summed E-state index contributed by atoms with van der Waals surface area (Å²) in [5, 5.41) is 3.48. The van der Waals surface area contributed by atoms with Crippen LogP contribution in [0.5, 0.6) is 0 Å². The van der Waals surface area contributed by atoms with Gasteiger partial charge in [-0.25, -0.2) is 0 Å². The monoisotopic (exact) mass is 238 g/mol. The van der Waals surface area contributed by atoms with Crippen molar-refractivity contribution in [3.63, 3.8) is 0 Å². The maximum atomic E-state index is 3.48. The summed E-state index contributed by atoms with van der Waals surface area (Å²) < 4.78 is 0. The van der Waals surface area contributed by atoms with Crippen molar-refractivity contribution in [3.05, 3.63) is 0 Å². The van der Waals surface area contributed by atoms with E-state index in [9.17, 15) is 0 Å². The van der Waals surface area contributed by atoms with Gasteiger partial charge in [-0.2, -0.15) is 0 Å². The lowest BCUT2D eigenvalue weighted by molar-refractivity contribution is 0.127. The third kappa shape index (κ3) is 4.26. The molecule has 2 nitrogen and oxygen atoms in total. The van der Waals surface area contributed by atoms with Crippen molar-refractivity contribution >= 4 is 0 Å². The fraction of sp³-hybridized carbons (Fsp3) is 1.00. The van der Waals surface area contributed by atoms with E-state index in [1.807, 2.05) is 0 Å². The van der Waals surface area contributed by atoms with Crippen molar-refractivity contribution in [2.45, 2.75) is 51.9 Å². The Hall–Kier alpha value is -0.0800. The Kier molecular flexibility index (Phi) is 4.87. The van der Waals surface area contributed by atoms with E-state index >= 15 is 0 Å². The second-order valence-electron chi connectivity index (χ2n) is 6.76. The molecule has 1 aliphatic heterocycles. The predicted molar refractivity (Wildman–Crippen MR) is 74.3 cm³/mol. The molecule has 0 bridgehead atoms. The maximum Gasteiger partial charge on any atom is 0.00333 e. The zero-order chi connectivity index (χ0) is 12.1. The van der Waals surface area contributed by atoms with E-state index in [-0.39, 0.29) is 0 Å². The Bertz CT molecular complexity index is 215. The van der Waals surface area contributed by atoms with Crippen molar-refractivity contribution in [1.82, 2.24) is 10.2 Å². The Balaban J connectivity index is 1.73. The van der Waals surface area contributed by atoms with Gasteiger partial charge < -0.3 is 10.2 Å². The van der Waals surface area contributed by atoms with Crippen LogP contribution in [0.1, 0.15) is 51.9 Å². The number of hydrogen-bond acceptors (Lipinski definition) is 2. The number of piperidine rings is 1. The van der Waals surface area contributed by atoms with E-state index in [0.717, 1.165) is 5.92 Å². The molecule has 1 heterocycles. The average molecular weight is 238 g/mol. The van der Waals surface area contributed by atoms with E-state index in [1.54, 1.807) is 0 Å². The van der Waals surface area contributed by atoms with Crippen LogP contribution < -0.4 is 5.32 Å². The van der Waals surface area contributed by atoms with Gasteiger partial charge in [-0.3, -0.25) is 0 Å². The van der Waals surface area contributed by atoms with Gasteiger partial charge in [-0.1, -0.05) is 26.2 Å². The van der Waals surface area contributed by atoms with Crippen molar-refractivity contribution < 1.29 is 0 Å². The summed E-state index contributed by atoms with van der Waals surface area (Å²) in [7, 11) is 2.34. The highest BCUT2D eigenvalue weighted by Crippen LogP contribution is 2.30. The zero-order valence-corrected chi connectivity index (χ0v) is 11.8. The van der Waals surface area contributed by atoms with Crippen molar-refractivity contribution in [3.8, 4) is 0 Å². The quantitative estimate of drug-likeness (QED) is 0.810. The lowest BCUT2D eigenvalue weighted by Crippen LogP contribution is -2.43. The van der Waals surface area contributed by atoms with Crippen LogP contribution >= 0.6 is 0 Å². The first-order valence-electron chi connectivity index (χ1n) is 7.57. The Morgan fingerprint density at radius 3 is 2.41 bits per heavy atom. The molecule has 2 heteroatoms. The molecule has 0 atom stereocenters. The van der Waals surface area contributed by atoms with Crippen LogP contribution in [0.15, 0.2) is 0 Å². The van der Waals surface area contributed by atoms with Gasteiger partial charge in [0.25, 0.3) is 0 Å². The minimum Gasteiger partial charge on any atom is -0.317 e. The summed E-state index contributed by atoms with van der Waals surface area (Å²) in [6.45, 7) is 7.54. The molecule has 0 unspecified atom stereocenters. The van der Waals surface area contributed by atoms with Crippen LogP contribution in [0.3, 0.4) is 0 Å². The normalized spacial score (nSPS) is 26.3. The van der Waals surface area contributed by atoms with Crippen molar-refractivity contribution in [2.75, 3.05) is 33.2 Å². The lowest BCUT2D eigenvalue weighted by Gasteiger charge is -2.38. The molecule has 0 aromatic rings. The maximum absolute atomic E-state index is 3.48. The van der Waals surface area contributed by atoms with Crippen LogP contribution in [0, 0.1) is 11.3 Å². The van der Waals surface area contributed by atoms with Gasteiger partial charge in [0.05, 0.1) is 0 Å². The predicted octanol–water partition coefficient (Wildman–Crippen LogP) is 2.89. The van der Waals surface area contributed by atoms with E-state index in [2.05, 4.69) is 24.2 Å². The highest BCUT2D eigenvalue weighted by atomic mass is 15.1. The van der Waals surface area contributed by atoms with Gasteiger partial charge in [-0.05, 0) is 57.2 Å². The van der Waals surface area contributed by atoms with Crippen molar-refractivity contribution in [1.29, 1.82) is 0 Å². The molecule has 0 radical (unpaired) electrons. The Labute approximate surface area is 107 Å². The smallest absolute Gasteiger partial charge is 0.00333 e. The summed E-state index contributed by atoms with van der Waals surface area (Å²) in [5.74, 6) is 0.985. The van der Waals surface area contributed by atoms with Crippen molar-refractivity contribution in [2.24, 2.45) is 11.3 Å². The fourth-order valence-electron chi connectivity index (χ4n) is 3.72. The highest BCUT2D eigenvalue weighted by molar-refractivity contribution is 4.83. The molecule has 1 aliphatic carbocycles.